The van der Waals surface area contributed by atoms with Crippen molar-refractivity contribution in [2.45, 2.75) is 114 Å². The third kappa shape index (κ3) is 10.1. The molecule has 1 aromatic heterocycles. The molecule has 2 saturated carbocycles. The Morgan fingerprint density at radius 1 is 0.919 bits per heavy atom. The van der Waals surface area contributed by atoms with Crippen LogP contribution in [-0.2, 0) is 37.1 Å². The SMILES string of the molecule is CN1Cc2cc(ccc2S(=O)(=O)C2CC2)NC(=O)N(CC2CCC2)CCc2cccc(c2)C(Nc2ccc3c(N(C(=O)OC(C)(C)C)C(=O)OC(C)(C)C)ncc(F)c3c2)C1=O. The van der Waals surface area contributed by atoms with E-state index in [1.54, 1.807) is 77.8 Å². The molecular formula is C46H55FN6O8S. The van der Waals surface area contributed by atoms with E-state index in [2.05, 4.69) is 15.6 Å². The minimum Gasteiger partial charge on any atom is -0.443 e. The van der Waals surface area contributed by atoms with Gasteiger partial charge in [-0.05, 0) is 133 Å². The number of amides is 5. The fourth-order valence-corrected chi connectivity index (χ4v) is 9.47. The van der Waals surface area contributed by atoms with Gasteiger partial charge in [0.15, 0.2) is 15.7 Å². The Labute approximate surface area is 362 Å². The van der Waals surface area contributed by atoms with E-state index < -0.39 is 56.2 Å². The van der Waals surface area contributed by atoms with Gasteiger partial charge >= 0.3 is 18.2 Å². The quantitative estimate of drug-likeness (QED) is 0.183. The molecule has 4 bridgehead atoms. The number of anilines is 3. The number of halogens is 1. The van der Waals surface area contributed by atoms with Gasteiger partial charge < -0.3 is 29.9 Å². The summed E-state index contributed by atoms with van der Waals surface area (Å²) in [7, 11) is -2.12. The first-order chi connectivity index (χ1) is 29.2. The van der Waals surface area contributed by atoms with E-state index in [4.69, 9.17) is 9.47 Å². The number of rotatable bonds is 7. The number of ether oxygens (including phenoxy) is 2. The second kappa shape index (κ2) is 17.2. The molecule has 3 aliphatic rings. The van der Waals surface area contributed by atoms with E-state index >= 15 is 4.39 Å². The molecule has 0 spiro atoms. The Morgan fingerprint density at radius 2 is 1.61 bits per heavy atom. The fraction of sp³-hybridized carbons (Fsp3) is 0.457. The van der Waals surface area contributed by atoms with Crippen LogP contribution in [0.4, 0.5) is 36.0 Å². The van der Waals surface area contributed by atoms with Crippen LogP contribution in [0.3, 0.4) is 0 Å². The number of fused-ring (bicyclic) bond motifs is 5. The summed E-state index contributed by atoms with van der Waals surface area (Å²) in [4.78, 5) is 63.8. The summed E-state index contributed by atoms with van der Waals surface area (Å²) in [5.74, 6) is -0.989. The van der Waals surface area contributed by atoms with Crippen molar-refractivity contribution in [3.63, 3.8) is 0 Å². The van der Waals surface area contributed by atoms with Crippen molar-refractivity contribution in [2.24, 2.45) is 5.92 Å². The fourth-order valence-electron chi connectivity index (χ4n) is 7.61. The van der Waals surface area contributed by atoms with Crippen LogP contribution in [-0.4, -0.2) is 83.9 Å². The van der Waals surface area contributed by atoms with Crippen LogP contribution in [0.5, 0.6) is 0 Å². The van der Waals surface area contributed by atoms with Crippen molar-refractivity contribution < 1.29 is 41.5 Å². The molecule has 3 aromatic carbocycles. The highest BCUT2D eigenvalue weighted by Crippen LogP contribution is 2.37. The average molecular weight is 871 g/mol. The molecule has 1 atom stereocenters. The zero-order chi connectivity index (χ0) is 44.7. The third-order valence-electron chi connectivity index (χ3n) is 11.1. The summed E-state index contributed by atoms with van der Waals surface area (Å²) >= 11 is 0. The Kier molecular flexibility index (Phi) is 12.3. The van der Waals surface area contributed by atoms with Gasteiger partial charge in [0.1, 0.15) is 23.1 Å². The lowest BCUT2D eigenvalue weighted by molar-refractivity contribution is -0.131. The molecule has 1 unspecified atom stereocenters. The maximum absolute atomic E-state index is 15.8. The van der Waals surface area contributed by atoms with E-state index in [-0.39, 0.29) is 34.1 Å². The van der Waals surface area contributed by atoms with E-state index in [0.717, 1.165) is 31.0 Å². The Morgan fingerprint density at radius 3 is 2.24 bits per heavy atom. The number of benzene rings is 3. The molecule has 0 radical (unpaired) electrons. The number of carbonyl (C=O) groups excluding carboxylic acids is 4. The standard InChI is InChI=1S/C46H55FN6O8S/c1-45(2,3)60-43(56)53(44(57)61-46(4,5)6)40-35-18-14-33(24-36(35)37(47)25-48-40)49-39-30-13-9-10-28(22-30)20-21-52(26-29-11-8-12-29)42(55)50-32-15-19-38(62(58,59)34-16-17-34)31(23-32)27-51(7)41(39)54/h9-10,13-15,18-19,22-25,29,34,39,49H,8,11-12,16-17,20-21,26-27H2,1-7H3,(H,50,55). The van der Waals surface area contributed by atoms with Crippen LogP contribution in [0.2, 0.25) is 0 Å². The highest BCUT2D eigenvalue weighted by Gasteiger charge is 2.39. The molecule has 330 valence electrons. The molecule has 62 heavy (non-hydrogen) atoms. The molecule has 7 rings (SSSR count). The smallest absolute Gasteiger partial charge is 0.425 e. The van der Waals surface area contributed by atoms with Gasteiger partial charge in [0.05, 0.1) is 16.3 Å². The lowest BCUT2D eigenvalue weighted by Gasteiger charge is -2.32. The molecule has 1 aliphatic heterocycles. The predicted molar refractivity (Wildman–Crippen MR) is 234 cm³/mol. The van der Waals surface area contributed by atoms with Crippen LogP contribution in [0, 0.1) is 11.7 Å². The number of carbonyl (C=O) groups is 4. The third-order valence-corrected chi connectivity index (χ3v) is 13.4. The van der Waals surface area contributed by atoms with Gasteiger partial charge in [0, 0.05) is 48.8 Å². The number of hydrogen-bond acceptors (Lipinski definition) is 10. The maximum atomic E-state index is 15.8. The van der Waals surface area contributed by atoms with Crippen LogP contribution in [0.15, 0.2) is 71.8 Å². The van der Waals surface area contributed by atoms with Gasteiger partial charge in [-0.1, -0.05) is 30.7 Å². The van der Waals surface area contributed by atoms with Crippen molar-refractivity contribution in [3.8, 4) is 0 Å². The highest BCUT2D eigenvalue weighted by molar-refractivity contribution is 7.92. The maximum Gasteiger partial charge on any atom is 0.425 e. The Bertz CT molecular complexity index is 2480. The number of imide groups is 1. The number of hydrogen-bond donors (Lipinski definition) is 2. The van der Waals surface area contributed by atoms with Crippen LogP contribution >= 0.6 is 0 Å². The first kappa shape index (κ1) is 44.3. The Balaban J connectivity index is 1.28. The van der Waals surface area contributed by atoms with Gasteiger partial charge in [-0.15, -0.1) is 0 Å². The molecule has 2 heterocycles. The van der Waals surface area contributed by atoms with Crippen molar-refractivity contribution in [2.75, 3.05) is 35.7 Å². The van der Waals surface area contributed by atoms with Gasteiger partial charge in [0.2, 0.25) is 5.91 Å². The molecule has 5 amide bonds. The van der Waals surface area contributed by atoms with Gasteiger partial charge in [-0.25, -0.2) is 32.2 Å². The van der Waals surface area contributed by atoms with Crippen LogP contribution in [0.1, 0.15) is 96.4 Å². The number of urea groups is 1. The molecule has 2 aliphatic carbocycles. The zero-order valence-electron chi connectivity index (χ0n) is 36.3. The van der Waals surface area contributed by atoms with Crippen molar-refractivity contribution >= 4 is 61.9 Å². The largest absolute Gasteiger partial charge is 0.443 e. The second-order valence-electron chi connectivity index (χ2n) is 18.5. The first-order valence-electron chi connectivity index (χ1n) is 21.0. The van der Waals surface area contributed by atoms with Gasteiger partial charge in [-0.3, -0.25) is 4.79 Å². The van der Waals surface area contributed by atoms with Crippen molar-refractivity contribution in [1.29, 1.82) is 0 Å². The second-order valence-corrected chi connectivity index (χ2v) is 20.7. The van der Waals surface area contributed by atoms with Gasteiger partial charge in [-0.2, -0.15) is 4.90 Å². The normalized spacial score (nSPS) is 18.0. The first-order valence-corrected chi connectivity index (χ1v) is 22.6. The zero-order valence-corrected chi connectivity index (χ0v) is 37.1. The number of nitrogens with zero attached hydrogens (tertiary/aromatic N) is 4. The minimum atomic E-state index is -3.70. The molecule has 0 saturated heterocycles. The number of likely N-dealkylation sites (N-methyl/N-ethyl adjacent to an activating group) is 1. The van der Waals surface area contributed by atoms with Crippen LogP contribution < -0.4 is 15.5 Å². The molecule has 2 N–H and O–H groups in total. The molecule has 16 heteroatoms. The van der Waals surface area contributed by atoms with E-state index in [1.165, 1.54) is 23.1 Å². The average Bonchev–Trinajstić information content (AvgIpc) is 4.02. The van der Waals surface area contributed by atoms with Crippen LogP contribution in [0.25, 0.3) is 10.8 Å². The highest BCUT2D eigenvalue weighted by atomic mass is 32.2. The summed E-state index contributed by atoms with van der Waals surface area (Å²) in [6.45, 7) is 10.7. The summed E-state index contributed by atoms with van der Waals surface area (Å²) < 4.78 is 54.3. The molecule has 14 nitrogen and oxygen atoms in total. The number of nitrogens with one attached hydrogen (secondary N) is 2. The van der Waals surface area contributed by atoms with Crippen molar-refractivity contribution in [3.05, 3.63) is 89.4 Å². The number of aromatic nitrogens is 1. The van der Waals surface area contributed by atoms with Crippen molar-refractivity contribution in [1.82, 2.24) is 14.8 Å². The summed E-state index contributed by atoms with van der Waals surface area (Å²) in [6, 6.07) is 15.4. The monoisotopic (exact) mass is 870 g/mol. The number of pyridine rings is 1. The Hall–Kier alpha value is -5.77. The lowest BCUT2D eigenvalue weighted by atomic mass is 9.85. The number of sulfone groups is 1. The lowest BCUT2D eigenvalue weighted by Crippen LogP contribution is -2.44. The topological polar surface area (TPSA) is 168 Å². The molecular weight excluding hydrogens is 816 g/mol. The predicted octanol–water partition coefficient (Wildman–Crippen LogP) is 8.99. The van der Waals surface area contributed by atoms with E-state index in [1.807, 2.05) is 18.2 Å². The summed E-state index contributed by atoms with van der Waals surface area (Å²) in [5, 5.41) is 5.88. The van der Waals surface area contributed by atoms with E-state index in [9.17, 15) is 27.6 Å². The summed E-state index contributed by atoms with van der Waals surface area (Å²) in [5.41, 5.74) is 0.594. The minimum absolute atomic E-state index is 0.0146. The summed E-state index contributed by atoms with van der Waals surface area (Å²) in [6.07, 6.45) is 3.57. The molecule has 4 aromatic rings. The van der Waals surface area contributed by atoms with Gasteiger partial charge in [0.25, 0.3) is 0 Å². The molecule has 2 fully saturated rings. The van der Waals surface area contributed by atoms with E-state index in [0.29, 0.717) is 65.7 Å².